The minimum atomic E-state index is -0.0638. The quantitative estimate of drug-likeness (QED) is 0.806. The molecule has 0 unspecified atom stereocenters. The minimum absolute atomic E-state index is 0.0638. The van der Waals surface area contributed by atoms with Crippen molar-refractivity contribution in [1.82, 2.24) is 0 Å². The van der Waals surface area contributed by atoms with Crippen LogP contribution < -0.4 is 4.74 Å². The van der Waals surface area contributed by atoms with Gasteiger partial charge in [0.05, 0.1) is 19.1 Å². The zero-order valence-electron chi connectivity index (χ0n) is 11.0. The lowest BCUT2D eigenvalue weighted by Crippen LogP contribution is -1.98. The molecule has 0 aliphatic carbocycles. The van der Waals surface area contributed by atoms with Gasteiger partial charge in [0.2, 0.25) is 0 Å². The van der Waals surface area contributed by atoms with Gasteiger partial charge in [-0.2, -0.15) is 5.26 Å². The predicted molar refractivity (Wildman–Crippen MR) is 76.1 cm³/mol. The lowest BCUT2D eigenvalue weighted by molar-refractivity contribution is 0.414. The van der Waals surface area contributed by atoms with E-state index >= 15 is 0 Å². The maximum Gasteiger partial charge on any atom is 0.118 e. The van der Waals surface area contributed by atoms with Crippen molar-refractivity contribution in [2.45, 2.75) is 18.8 Å². The fraction of sp³-hybridized carbons (Fsp3) is 0.235. The molecule has 2 nitrogen and oxygen atoms in total. The Morgan fingerprint density at radius 1 is 1.05 bits per heavy atom. The molecule has 0 heterocycles. The molecular formula is C17H17NO. The minimum Gasteiger partial charge on any atom is -0.497 e. The highest BCUT2D eigenvalue weighted by Gasteiger charge is 2.10. The van der Waals surface area contributed by atoms with Gasteiger partial charge in [-0.1, -0.05) is 42.5 Å². The van der Waals surface area contributed by atoms with Gasteiger partial charge < -0.3 is 4.74 Å². The van der Waals surface area contributed by atoms with Crippen LogP contribution in [-0.2, 0) is 6.42 Å². The molecule has 2 heteroatoms. The molecule has 19 heavy (non-hydrogen) atoms. The Morgan fingerprint density at radius 3 is 2.32 bits per heavy atom. The summed E-state index contributed by atoms with van der Waals surface area (Å²) in [4.78, 5) is 0. The summed E-state index contributed by atoms with van der Waals surface area (Å²) in [5.74, 6) is 0.759. The first-order chi connectivity index (χ1) is 9.33. The third-order valence-electron chi connectivity index (χ3n) is 3.24. The van der Waals surface area contributed by atoms with Gasteiger partial charge >= 0.3 is 0 Å². The lowest BCUT2D eigenvalue weighted by atomic mass is 9.93. The number of hydrogen-bond acceptors (Lipinski definition) is 2. The molecule has 0 amide bonds. The van der Waals surface area contributed by atoms with Crippen LogP contribution in [-0.4, -0.2) is 7.11 Å². The summed E-state index contributed by atoms with van der Waals surface area (Å²) in [7, 11) is 1.65. The first-order valence-electron chi connectivity index (χ1n) is 6.41. The van der Waals surface area contributed by atoms with Gasteiger partial charge in [0, 0.05) is 0 Å². The van der Waals surface area contributed by atoms with Crippen molar-refractivity contribution in [3.8, 4) is 11.8 Å². The molecule has 0 N–H and O–H groups in total. The molecule has 2 aromatic carbocycles. The molecule has 2 aromatic rings. The fourth-order valence-electron chi connectivity index (χ4n) is 2.10. The average Bonchev–Trinajstić information content (AvgIpc) is 2.49. The van der Waals surface area contributed by atoms with E-state index in [1.165, 1.54) is 5.56 Å². The highest BCUT2D eigenvalue weighted by atomic mass is 16.5. The van der Waals surface area contributed by atoms with Crippen molar-refractivity contribution in [1.29, 1.82) is 5.26 Å². The molecule has 0 bridgehead atoms. The van der Waals surface area contributed by atoms with Gasteiger partial charge in [0.15, 0.2) is 0 Å². The second kappa shape index (κ2) is 6.61. The Labute approximate surface area is 114 Å². The third-order valence-corrected chi connectivity index (χ3v) is 3.24. The van der Waals surface area contributed by atoms with Gasteiger partial charge in [0.25, 0.3) is 0 Å². The lowest BCUT2D eigenvalue weighted by Gasteiger charge is -2.10. The van der Waals surface area contributed by atoms with Gasteiger partial charge in [-0.15, -0.1) is 0 Å². The molecule has 0 fully saturated rings. The van der Waals surface area contributed by atoms with Crippen LogP contribution >= 0.6 is 0 Å². The van der Waals surface area contributed by atoms with Crippen LogP contribution in [0.5, 0.6) is 5.75 Å². The summed E-state index contributed by atoms with van der Waals surface area (Å²) in [5, 5.41) is 9.30. The summed E-state index contributed by atoms with van der Waals surface area (Å²) in [6.07, 6.45) is 1.76. The zero-order valence-corrected chi connectivity index (χ0v) is 11.0. The maximum absolute atomic E-state index is 9.30. The largest absolute Gasteiger partial charge is 0.497 e. The Bertz CT molecular complexity index is 540. The number of ether oxygens (including phenoxy) is 1. The van der Waals surface area contributed by atoms with Gasteiger partial charge in [-0.25, -0.2) is 0 Å². The van der Waals surface area contributed by atoms with Crippen molar-refractivity contribution in [2.75, 3.05) is 7.11 Å². The number of aryl methyl sites for hydroxylation is 1. The standard InChI is InChI=1S/C17H17NO/c1-19-17-11-9-15(10-12-17)16(13-18)8-7-14-5-3-2-4-6-14/h2-6,9-12,16H,7-8H2,1H3/t16-/m1/s1. The van der Waals surface area contributed by atoms with Crippen LogP contribution in [0, 0.1) is 11.3 Å². The Balaban J connectivity index is 2.02. The molecule has 0 spiro atoms. The zero-order chi connectivity index (χ0) is 13.5. The Morgan fingerprint density at radius 2 is 1.74 bits per heavy atom. The first kappa shape index (κ1) is 13.2. The van der Waals surface area contributed by atoms with E-state index in [0.29, 0.717) is 0 Å². The van der Waals surface area contributed by atoms with Crippen molar-refractivity contribution in [3.63, 3.8) is 0 Å². The molecule has 0 saturated carbocycles. The number of hydrogen-bond donors (Lipinski definition) is 0. The van der Waals surface area contributed by atoms with E-state index in [4.69, 9.17) is 4.74 Å². The van der Waals surface area contributed by atoms with E-state index in [9.17, 15) is 5.26 Å². The third kappa shape index (κ3) is 3.59. The molecule has 0 aromatic heterocycles. The SMILES string of the molecule is COc1ccc([C@@H](C#N)CCc2ccccc2)cc1. The number of rotatable bonds is 5. The monoisotopic (exact) mass is 251 g/mol. The van der Waals surface area contributed by atoms with E-state index in [1.54, 1.807) is 7.11 Å². The summed E-state index contributed by atoms with van der Waals surface area (Å²) < 4.78 is 5.13. The van der Waals surface area contributed by atoms with Crippen LogP contribution in [0.25, 0.3) is 0 Å². The van der Waals surface area contributed by atoms with E-state index in [0.717, 1.165) is 24.2 Å². The smallest absolute Gasteiger partial charge is 0.118 e. The van der Waals surface area contributed by atoms with Crippen molar-refractivity contribution in [2.24, 2.45) is 0 Å². The Kier molecular flexibility index (Phi) is 4.58. The molecular weight excluding hydrogens is 234 g/mol. The second-order valence-electron chi connectivity index (χ2n) is 4.48. The molecule has 0 aliphatic heterocycles. The maximum atomic E-state index is 9.30. The van der Waals surface area contributed by atoms with Crippen molar-refractivity contribution in [3.05, 3.63) is 65.7 Å². The van der Waals surface area contributed by atoms with E-state index in [2.05, 4.69) is 18.2 Å². The van der Waals surface area contributed by atoms with Gasteiger partial charge in [-0.3, -0.25) is 0 Å². The van der Waals surface area contributed by atoms with Crippen molar-refractivity contribution >= 4 is 0 Å². The van der Waals surface area contributed by atoms with Crippen LogP contribution in [0.2, 0.25) is 0 Å². The van der Waals surface area contributed by atoms with Crippen LogP contribution in [0.4, 0.5) is 0 Å². The van der Waals surface area contributed by atoms with E-state index in [1.807, 2.05) is 42.5 Å². The summed E-state index contributed by atoms with van der Waals surface area (Å²) in [6, 6.07) is 20.4. The van der Waals surface area contributed by atoms with Crippen molar-refractivity contribution < 1.29 is 4.74 Å². The summed E-state index contributed by atoms with van der Waals surface area (Å²) in [6.45, 7) is 0. The summed E-state index contributed by atoms with van der Waals surface area (Å²) in [5.41, 5.74) is 2.33. The number of methoxy groups -OCH3 is 1. The molecule has 1 atom stereocenters. The molecule has 0 radical (unpaired) electrons. The average molecular weight is 251 g/mol. The normalized spacial score (nSPS) is 11.6. The number of nitriles is 1. The van der Waals surface area contributed by atoms with E-state index in [-0.39, 0.29) is 5.92 Å². The predicted octanol–water partition coefficient (Wildman–Crippen LogP) is 3.94. The van der Waals surface area contributed by atoms with E-state index < -0.39 is 0 Å². The van der Waals surface area contributed by atoms with Crippen LogP contribution in [0.3, 0.4) is 0 Å². The summed E-state index contributed by atoms with van der Waals surface area (Å²) >= 11 is 0. The van der Waals surface area contributed by atoms with Gasteiger partial charge in [0.1, 0.15) is 5.75 Å². The molecule has 2 rings (SSSR count). The fourth-order valence-corrected chi connectivity index (χ4v) is 2.10. The molecule has 0 aliphatic rings. The topological polar surface area (TPSA) is 33.0 Å². The highest BCUT2D eigenvalue weighted by Crippen LogP contribution is 2.23. The highest BCUT2D eigenvalue weighted by molar-refractivity contribution is 5.32. The van der Waals surface area contributed by atoms with Gasteiger partial charge in [-0.05, 0) is 36.1 Å². The molecule has 96 valence electrons. The second-order valence-corrected chi connectivity index (χ2v) is 4.48. The van der Waals surface area contributed by atoms with Crippen LogP contribution in [0.1, 0.15) is 23.5 Å². The Hall–Kier alpha value is -2.27. The van der Waals surface area contributed by atoms with Crippen LogP contribution in [0.15, 0.2) is 54.6 Å². The number of nitrogens with zero attached hydrogens (tertiary/aromatic N) is 1. The first-order valence-corrected chi connectivity index (χ1v) is 6.41. The molecule has 0 saturated heterocycles. The number of benzene rings is 2.